The third kappa shape index (κ3) is 2.03. The fraction of sp³-hybridized carbons (Fsp3) is 0.429. The van der Waals surface area contributed by atoms with Gasteiger partial charge in [-0.2, -0.15) is 13.9 Å². The van der Waals surface area contributed by atoms with Crippen molar-refractivity contribution >= 4 is 17.4 Å². The monoisotopic (exact) mass is 208 g/mol. The topological polar surface area (TPSA) is 34.9 Å². The summed E-state index contributed by atoms with van der Waals surface area (Å²) in [7, 11) is 0. The van der Waals surface area contributed by atoms with Gasteiger partial charge in [-0.05, 0) is 24.6 Å². The van der Waals surface area contributed by atoms with E-state index in [1.165, 1.54) is 16.9 Å². The van der Waals surface area contributed by atoms with Crippen LogP contribution in [0, 0.1) is 0 Å². The highest BCUT2D eigenvalue weighted by atomic mass is 35.5. The summed E-state index contributed by atoms with van der Waals surface area (Å²) in [6.07, 6.45) is 1.28. The molecule has 0 radical (unpaired) electrons. The molecule has 1 aromatic heterocycles. The first-order valence-corrected chi connectivity index (χ1v) is 3.98. The lowest BCUT2D eigenvalue weighted by molar-refractivity contribution is 0.0524. The van der Waals surface area contributed by atoms with Gasteiger partial charge in [-0.25, -0.2) is 0 Å². The average molecular weight is 209 g/mol. The molecule has 0 amide bonds. The number of aryl methyl sites for hydroxylation is 1. The molecule has 0 N–H and O–H groups in total. The Hall–Kier alpha value is -0.970. The molecule has 0 spiro atoms. The van der Waals surface area contributed by atoms with Gasteiger partial charge in [-0.1, -0.05) is 0 Å². The van der Waals surface area contributed by atoms with E-state index in [2.05, 4.69) is 16.7 Å². The number of hydrogen-bond acceptors (Lipinski definition) is 2. The number of carbonyl (C=O) groups is 1. The Morgan fingerprint density at radius 2 is 2.38 bits per heavy atom. The van der Waals surface area contributed by atoms with Crippen molar-refractivity contribution < 1.29 is 13.6 Å². The molecule has 1 rings (SSSR count). The zero-order valence-electron chi connectivity index (χ0n) is 6.80. The Morgan fingerprint density at radius 3 is 2.85 bits per heavy atom. The van der Waals surface area contributed by atoms with Crippen LogP contribution in [0.25, 0.3) is 0 Å². The van der Waals surface area contributed by atoms with Crippen LogP contribution in [0.1, 0.15) is 17.4 Å². The van der Waals surface area contributed by atoms with Crippen molar-refractivity contribution in [2.24, 2.45) is 0 Å². The average Bonchev–Trinajstić information content (AvgIpc) is 2.48. The number of alkyl halides is 3. The van der Waals surface area contributed by atoms with Crippen LogP contribution < -0.4 is 0 Å². The largest absolute Gasteiger partial charge is 0.386 e. The summed E-state index contributed by atoms with van der Waals surface area (Å²) in [5.74, 6) is -1.42. The molecular weight excluding hydrogens is 202 g/mol. The molecule has 0 bridgehead atoms. The molecule has 6 heteroatoms. The van der Waals surface area contributed by atoms with E-state index >= 15 is 0 Å². The molecule has 0 atom stereocenters. The number of rotatable bonds is 3. The Morgan fingerprint density at radius 1 is 1.77 bits per heavy atom. The molecule has 0 aliphatic rings. The predicted molar refractivity (Wildman–Crippen MR) is 43.0 cm³/mol. The molecule has 3 nitrogen and oxygen atoms in total. The Kier molecular flexibility index (Phi) is 2.66. The van der Waals surface area contributed by atoms with Crippen molar-refractivity contribution in [2.75, 3.05) is 0 Å². The summed E-state index contributed by atoms with van der Waals surface area (Å²) in [6, 6.07) is 1.21. The van der Waals surface area contributed by atoms with Gasteiger partial charge in [0.05, 0.1) is 0 Å². The van der Waals surface area contributed by atoms with Crippen LogP contribution in [0.3, 0.4) is 0 Å². The van der Waals surface area contributed by atoms with E-state index in [-0.39, 0.29) is 5.69 Å². The van der Waals surface area contributed by atoms with Gasteiger partial charge < -0.3 is 0 Å². The quantitative estimate of drug-likeness (QED) is 0.562. The van der Waals surface area contributed by atoms with E-state index in [9.17, 15) is 13.6 Å². The van der Waals surface area contributed by atoms with E-state index in [1.54, 1.807) is 6.92 Å². The normalized spacial score (nSPS) is 11.7. The lowest BCUT2D eigenvalue weighted by Crippen LogP contribution is -2.24. The smallest absolute Gasteiger partial charge is 0.284 e. The van der Waals surface area contributed by atoms with Gasteiger partial charge >= 0.3 is 5.38 Å². The van der Waals surface area contributed by atoms with E-state index in [1.807, 2.05) is 0 Å². The number of hydrogen-bond donors (Lipinski definition) is 0. The van der Waals surface area contributed by atoms with E-state index in [0.29, 0.717) is 6.54 Å². The van der Waals surface area contributed by atoms with Crippen LogP contribution in [0.4, 0.5) is 8.78 Å². The molecule has 0 saturated carbocycles. The predicted octanol–water partition coefficient (Wildman–Crippen LogP) is 1.92. The van der Waals surface area contributed by atoms with Crippen molar-refractivity contribution in [3.63, 3.8) is 0 Å². The summed E-state index contributed by atoms with van der Waals surface area (Å²) >= 11 is 4.58. The van der Waals surface area contributed by atoms with Crippen molar-refractivity contribution in [2.45, 2.75) is 18.9 Å². The molecule has 0 aliphatic carbocycles. The first-order valence-electron chi connectivity index (χ1n) is 3.60. The van der Waals surface area contributed by atoms with E-state index in [4.69, 9.17) is 0 Å². The third-order valence-electron chi connectivity index (χ3n) is 1.51. The summed E-state index contributed by atoms with van der Waals surface area (Å²) in [4.78, 5) is 11.0. The maximum absolute atomic E-state index is 12.4. The van der Waals surface area contributed by atoms with Crippen LogP contribution >= 0.6 is 11.6 Å². The molecule has 0 fully saturated rings. The molecule has 0 aliphatic heterocycles. The number of ketones is 1. The molecule has 0 aromatic carbocycles. The lowest BCUT2D eigenvalue weighted by Gasteiger charge is -2.07. The Bertz CT molecular complexity index is 319. The summed E-state index contributed by atoms with van der Waals surface area (Å²) in [5.41, 5.74) is -0.178. The fourth-order valence-corrected chi connectivity index (χ4v) is 1.02. The molecule has 72 valence electrons. The van der Waals surface area contributed by atoms with Gasteiger partial charge in [0.25, 0.3) is 5.78 Å². The zero-order chi connectivity index (χ0) is 10.1. The summed E-state index contributed by atoms with van der Waals surface area (Å²) < 4.78 is 25.9. The minimum Gasteiger partial charge on any atom is -0.284 e. The highest BCUT2D eigenvalue weighted by molar-refractivity contribution is 6.35. The highest BCUT2D eigenvalue weighted by Crippen LogP contribution is 2.24. The van der Waals surface area contributed by atoms with Crippen molar-refractivity contribution in [1.82, 2.24) is 9.78 Å². The number of carbonyl (C=O) groups excluding carboxylic acids is 1. The van der Waals surface area contributed by atoms with Gasteiger partial charge in [0.1, 0.15) is 5.69 Å². The summed E-state index contributed by atoms with van der Waals surface area (Å²) in [5, 5.41) is -0.181. The van der Waals surface area contributed by atoms with Crippen LogP contribution in [-0.2, 0) is 6.54 Å². The number of aromatic nitrogens is 2. The third-order valence-corrected chi connectivity index (χ3v) is 1.68. The molecule has 13 heavy (non-hydrogen) atoms. The van der Waals surface area contributed by atoms with Gasteiger partial charge in [0.2, 0.25) is 0 Å². The van der Waals surface area contributed by atoms with E-state index in [0.717, 1.165) is 0 Å². The Balaban J connectivity index is 3.02. The second-order valence-corrected chi connectivity index (χ2v) is 2.83. The first-order chi connectivity index (χ1) is 5.96. The standard InChI is InChI=1S/C7H7ClF2N2O/c1-2-12-5(3-4-11-12)6(13)7(8,9)10/h3-4H,2H2,1H3. The SMILES string of the molecule is CCn1nccc1C(=O)C(F)(F)Cl. The highest BCUT2D eigenvalue weighted by Gasteiger charge is 2.38. The molecule has 0 saturated heterocycles. The van der Waals surface area contributed by atoms with E-state index < -0.39 is 11.2 Å². The van der Waals surface area contributed by atoms with Crippen LogP contribution in [0.5, 0.6) is 0 Å². The first kappa shape index (κ1) is 10.1. The molecule has 1 heterocycles. The maximum Gasteiger partial charge on any atom is 0.386 e. The number of Topliss-reactive ketones (excluding diaryl/α,β-unsaturated/α-hetero) is 1. The molecule has 0 unspecified atom stereocenters. The van der Waals surface area contributed by atoms with Gasteiger partial charge in [0.15, 0.2) is 0 Å². The van der Waals surface area contributed by atoms with Gasteiger partial charge in [-0.15, -0.1) is 0 Å². The second-order valence-electron chi connectivity index (χ2n) is 2.36. The van der Waals surface area contributed by atoms with Crippen molar-refractivity contribution in [1.29, 1.82) is 0 Å². The zero-order valence-corrected chi connectivity index (χ0v) is 7.55. The van der Waals surface area contributed by atoms with Gasteiger partial charge in [0, 0.05) is 12.7 Å². The Labute approximate surface area is 78.3 Å². The van der Waals surface area contributed by atoms with Crippen LogP contribution in [0.15, 0.2) is 12.3 Å². The van der Waals surface area contributed by atoms with Crippen molar-refractivity contribution in [3.8, 4) is 0 Å². The second kappa shape index (κ2) is 3.41. The minimum absolute atomic E-state index is 0.178. The number of halogens is 3. The lowest BCUT2D eigenvalue weighted by atomic mass is 10.3. The maximum atomic E-state index is 12.4. The van der Waals surface area contributed by atoms with Crippen LogP contribution in [-0.4, -0.2) is 20.9 Å². The molecular formula is C7H7ClF2N2O. The van der Waals surface area contributed by atoms with Crippen LogP contribution in [0.2, 0.25) is 0 Å². The van der Waals surface area contributed by atoms with Crippen molar-refractivity contribution in [3.05, 3.63) is 18.0 Å². The van der Waals surface area contributed by atoms with Gasteiger partial charge in [-0.3, -0.25) is 9.48 Å². The minimum atomic E-state index is -3.85. The number of nitrogens with zero attached hydrogens (tertiary/aromatic N) is 2. The fourth-order valence-electron chi connectivity index (χ4n) is 0.923. The molecule has 1 aromatic rings. The summed E-state index contributed by atoms with van der Waals surface area (Å²) in [6.45, 7) is 2.04.